The average Bonchev–Trinajstić information content (AvgIpc) is 3.47. The molecule has 184 valence electrons. The number of pyridine rings is 2. The number of nitrogens with one attached hydrogen (secondary N) is 1. The number of aromatic nitrogens is 5. The van der Waals surface area contributed by atoms with Crippen LogP contribution in [0.15, 0.2) is 36.7 Å². The van der Waals surface area contributed by atoms with Gasteiger partial charge >= 0.3 is 12.1 Å². The molecule has 35 heavy (non-hydrogen) atoms. The Labute approximate surface area is 197 Å². The SMILES string of the molecule is Cc1cc(Nc2cc(C(F)(F)F)ccn2)nc(-c2cn([C@@H](C)C(=O)N3CCC[C@H]3C(=O)O)nn2)c1. The second-order valence-electron chi connectivity index (χ2n) is 8.26. The number of carboxylic acid groups (broad SMARTS) is 1. The first-order chi connectivity index (χ1) is 16.5. The number of carbonyl (C=O) groups is 2. The summed E-state index contributed by atoms with van der Waals surface area (Å²) in [4.78, 5) is 34.0. The van der Waals surface area contributed by atoms with Crippen molar-refractivity contribution >= 4 is 23.5 Å². The molecule has 3 aromatic rings. The van der Waals surface area contributed by atoms with Crippen LogP contribution in [0.1, 0.15) is 36.9 Å². The third kappa shape index (κ3) is 5.23. The molecular formula is C22H22F3N7O3. The zero-order valence-electron chi connectivity index (χ0n) is 18.8. The third-order valence-corrected chi connectivity index (χ3v) is 5.66. The fourth-order valence-corrected chi connectivity index (χ4v) is 3.89. The number of amides is 1. The molecule has 2 atom stereocenters. The minimum Gasteiger partial charge on any atom is -0.480 e. The van der Waals surface area contributed by atoms with Crippen molar-refractivity contribution in [1.82, 2.24) is 29.9 Å². The summed E-state index contributed by atoms with van der Waals surface area (Å²) in [5, 5.41) is 20.2. The van der Waals surface area contributed by atoms with Crippen molar-refractivity contribution in [1.29, 1.82) is 0 Å². The smallest absolute Gasteiger partial charge is 0.416 e. The van der Waals surface area contributed by atoms with Gasteiger partial charge in [0.25, 0.3) is 0 Å². The molecule has 0 bridgehead atoms. The third-order valence-electron chi connectivity index (χ3n) is 5.66. The van der Waals surface area contributed by atoms with Crippen LogP contribution in [0.2, 0.25) is 0 Å². The summed E-state index contributed by atoms with van der Waals surface area (Å²) in [6.07, 6.45) is -0.914. The number of carboxylic acids is 1. The fraction of sp³-hybridized carbons (Fsp3) is 0.364. The number of halogens is 3. The molecule has 10 nitrogen and oxygen atoms in total. The van der Waals surface area contributed by atoms with Crippen LogP contribution >= 0.6 is 0 Å². The second kappa shape index (κ2) is 9.31. The molecule has 1 fully saturated rings. The molecule has 0 radical (unpaired) electrons. The van der Waals surface area contributed by atoms with E-state index in [0.29, 0.717) is 30.8 Å². The predicted octanol–water partition coefficient (Wildman–Crippen LogP) is 3.44. The number of hydrogen-bond acceptors (Lipinski definition) is 7. The molecule has 0 aliphatic carbocycles. The van der Waals surface area contributed by atoms with Crippen LogP contribution in [0, 0.1) is 6.92 Å². The van der Waals surface area contributed by atoms with Gasteiger partial charge in [-0.05, 0) is 56.5 Å². The van der Waals surface area contributed by atoms with Crippen molar-refractivity contribution in [2.45, 2.75) is 44.9 Å². The first kappa shape index (κ1) is 24.1. The maximum Gasteiger partial charge on any atom is 0.416 e. The molecular weight excluding hydrogens is 467 g/mol. The Hall–Kier alpha value is -4.03. The van der Waals surface area contributed by atoms with Gasteiger partial charge in [0, 0.05) is 12.7 Å². The first-order valence-electron chi connectivity index (χ1n) is 10.8. The number of carbonyl (C=O) groups excluding carboxylic acids is 1. The van der Waals surface area contributed by atoms with Crippen LogP contribution < -0.4 is 5.32 Å². The van der Waals surface area contributed by atoms with E-state index in [4.69, 9.17) is 0 Å². The molecule has 4 rings (SSSR count). The monoisotopic (exact) mass is 489 g/mol. The Bertz CT molecular complexity index is 1260. The minimum absolute atomic E-state index is 0.0228. The van der Waals surface area contributed by atoms with Crippen LogP contribution in [0.25, 0.3) is 11.4 Å². The van der Waals surface area contributed by atoms with Crippen LogP contribution in [0.3, 0.4) is 0 Å². The Morgan fingerprint density at radius 2 is 1.97 bits per heavy atom. The molecule has 3 aromatic heterocycles. The van der Waals surface area contributed by atoms with E-state index in [0.717, 1.165) is 23.9 Å². The summed E-state index contributed by atoms with van der Waals surface area (Å²) >= 11 is 0. The molecule has 13 heteroatoms. The molecule has 0 aromatic carbocycles. The van der Waals surface area contributed by atoms with Crippen molar-refractivity contribution in [2.75, 3.05) is 11.9 Å². The lowest BCUT2D eigenvalue weighted by Gasteiger charge is -2.24. The standard InChI is InChI=1S/C22H22F3N7O3/c1-12-8-15(27-19(9-12)28-18-10-14(5-6-26-18)22(23,24)25)16-11-32(30-29-16)13(2)20(33)31-7-3-4-17(31)21(34)35/h5-6,8-11,13,17H,3-4,7H2,1-2H3,(H,34,35)(H,26,27,28)/t13-,17-/m0/s1. The van der Waals surface area contributed by atoms with Gasteiger partial charge in [0.1, 0.15) is 29.4 Å². The Morgan fingerprint density at radius 3 is 2.69 bits per heavy atom. The van der Waals surface area contributed by atoms with Gasteiger partial charge in [0.05, 0.1) is 17.5 Å². The zero-order valence-corrected chi connectivity index (χ0v) is 18.8. The number of nitrogens with zero attached hydrogens (tertiary/aromatic N) is 6. The summed E-state index contributed by atoms with van der Waals surface area (Å²) in [5.74, 6) is -1.18. The molecule has 1 saturated heterocycles. The van der Waals surface area contributed by atoms with E-state index in [-0.39, 0.29) is 17.5 Å². The van der Waals surface area contributed by atoms with E-state index in [2.05, 4.69) is 25.6 Å². The van der Waals surface area contributed by atoms with Gasteiger partial charge in [0.15, 0.2) is 0 Å². The average molecular weight is 489 g/mol. The Kier molecular flexibility index (Phi) is 6.41. The van der Waals surface area contributed by atoms with E-state index in [1.165, 1.54) is 15.8 Å². The molecule has 2 N–H and O–H groups in total. The Morgan fingerprint density at radius 1 is 1.20 bits per heavy atom. The fourth-order valence-electron chi connectivity index (χ4n) is 3.89. The molecule has 0 spiro atoms. The molecule has 0 saturated carbocycles. The summed E-state index contributed by atoms with van der Waals surface area (Å²) in [6.45, 7) is 3.75. The van der Waals surface area contributed by atoms with Crippen LogP contribution in [-0.4, -0.2) is 59.4 Å². The highest BCUT2D eigenvalue weighted by Crippen LogP contribution is 2.31. The van der Waals surface area contributed by atoms with E-state index >= 15 is 0 Å². The van der Waals surface area contributed by atoms with Gasteiger partial charge in [0.2, 0.25) is 5.91 Å². The van der Waals surface area contributed by atoms with Crippen molar-refractivity contribution in [2.24, 2.45) is 0 Å². The second-order valence-corrected chi connectivity index (χ2v) is 8.26. The maximum atomic E-state index is 13.0. The lowest BCUT2D eigenvalue weighted by molar-refractivity contribution is -0.149. The molecule has 1 aliphatic heterocycles. The molecule has 0 unspecified atom stereocenters. The topological polar surface area (TPSA) is 126 Å². The van der Waals surface area contributed by atoms with E-state index in [1.54, 1.807) is 26.0 Å². The van der Waals surface area contributed by atoms with Gasteiger partial charge in [-0.1, -0.05) is 5.21 Å². The molecule has 1 amide bonds. The van der Waals surface area contributed by atoms with Crippen molar-refractivity contribution in [3.8, 4) is 11.4 Å². The number of rotatable bonds is 6. The maximum absolute atomic E-state index is 13.0. The largest absolute Gasteiger partial charge is 0.480 e. The summed E-state index contributed by atoms with van der Waals surface area (Å²) in [6, 6.07) is 3.48. The highest BCUT2D eigenvalue weighted by Gasteiger charge is 2.36. The number of anilines is 2. The van der Waals surface area contributed by atoms with Crippen molar-refractivity contribution in [3.63, 3.8) is 0 Å². The van der Waals surface area contributed by atoms with Gasteiger partial charge in [-0.25, -0.2) is 19.4 Å². The predicted molar refractivity (Wildman–Crippen MR) is 118 cm³/mol. The number of alkyl halides is 3. The highest BCUT2D eigenvalue weighted by molar-refractivity contribution is 5.86. The number of hydrogen-bond donors (Lipinski definition) is 2. The van der Waals surface area contributed by atoms with E-state index in [1.807, 2.05) is 0 Å². The van der Waals surface area contributed by atoms with Crippen LogP contribution in [0.5, 0.6) is 0 Å². The number of aryl methyl sites for hydroxylation is 1. The van der Waals surface area contributed by atoms with Crippen molar-refractivity contribution < 1.29 is 27.9 Å². The lowest BCUT2D eigenvalue weighted by atomic mass is 10.2. The van der Waals surface area contributed by atoms with Gasteiger partial charge < -0.3 is 15.3 Å². The van der Waals surface area contributed by atoms with E-state index in [9.17, 15) is 27.9 Å². The normalized spacial score (nSPS) is 16.8. The highest BCUT2D eigenvalue weighted by atomic mass is 19.4. The van der Waals surface area contributed by atoms with Crippen molar-refractivity contribution in [3.05, 3.63) is 47.8 Å². The van der Waals surface area contributed by atoms with Crippen LogP contribution in [0.4, 0.5) is 24.8 Å². The summed E-state index contributed by atoms with van der Waals surface area (Å²) in [7, 11) is 0. The number of aliphatic carboxylic acids is 1. The summed E-state index contributed by atoms with van der Waals surface area (Å²) in [5.41, 5.74) is 0.636. The van der Waals surface area contributed by atoms with Crippen LogP contribution in [-0.2, 0) is 15.8 Å². The number of likely N-dealkylation sites (tertiary alicyclic amines) is 1. The first-order valence-corrected chi connectivity index (χ1v) is 10.8. The quantitative estimate of drug-likeness (QED) is 0.539. The molecule has 4 heterocycles. The lowest BCUT2D eigenvalue weighted by Crippen LogP contribution is -2.43. The summed E-state index contributed by atoms with van der Waals surface area (Å²) < 4.78 is 40.3. The van der Waals surface area contributed by atoms with Gasteiger partial charge in [-0.15, -0.1) is 5.10 Å². The Balaban J connectivity index is 1.55. The van der Waals surface area contributed by atoms with Gasteiger partial charge in [-0.2, -0.15) is 13.2 Å². The molecule has 1 aliphatic rings. The van der Waals surface area contributed by atoms with E-state index < -0.39 is 29.8 Å². The van der Waals surface area contributed by atoms with Gasteiger partial charge in [-0.3, -0.25) is 4.79 Å². The zero-order chi connectivity index (χ0) is 25.3. The minimum atomic E-state index is -4.50.